The number of ether oxygens (including phenoxy) is 1. The lowest BCUT2D eigenvalue weighted by atomic mass is 10.2. The summed E-state index contributed by atoms with van der Waals surface area (Å²) in [6.07, 6.45) is 0.717. The number of rotatable bonds is 3. The molecule has 1 fully saturated rings. The molecule has 0 bridgehead atoms. The molecule has 1 heterocycles. The summed E-state index contributed by atoms with van der Waals surface area (Å²) in [4.78, 5) is -0.121. The first-order valence-corrected chi connectivity index (χ1v) is 7.00. The van der Waals surface area contributed by atoms with Crippen LogP contribution in [0.4, 0.5) is 10.1 Å². The van der Waals surface area contributed by atoms with Gasteiger partial charge in [0.05, 0.1) is 22.9 Å². The van der Waals surface area contributed by atoms with Crippen LogP contribution in [-0.4, -0.2) is 27.4 Å². The van der Waals surface area contributed by atoms with Gasteiger partial charge in [-0.15, -0.1) is 0 Å². The van der Waals surface area contributed by atoms with E-state index in [1.807, 2.05) is 0 Å². The Bertz CT molecular complexity index is 509. The fourth-order valence-electron chi connectivity index (χ4n) is 1.89. The number of anilines is 1. The van der Waals surface area contributed by atoms with Crippen molar-refractivity contribution in [2.24, 2.45) is 5.92 Å². The molecule has 1 unspecified atom stereocenters. The minimum absolute atomic E-state index is 0.0253. The summed E-state index contributed by atoms with van der Waals surface area (Å²) in [6, 6.07) is 3.39. The number of halogens is 1. The Kier molecular flexibility index (Phi) is 3.35. The zero-order valence-electron chi connectivity index (χ0n) is 9.23. The largest absolute Gasteiger partial charge is 0.398 e. The highest BCUT2D eigenvalue weighted by atomic mass is 32.2. The molecular weight excluding hydrogens is 245 g/mol. The molecule has 1 atom stereocenters. The van der Waals surface area contributed by atoms with E-state index in [9.17, 15) is 12.8 Å². The quantitative estimate of drug-likeness (QED) is 0.829. The van der Waals surface area contributed by atoms with Crippen LogP contribution in [0, 0.1) is 11.7 Å². The summed E-state index contributed by atoms with van der Waals surface area (Å²) in [5.74, 6) is -0.663. The second-order valence-electron chi connectivity index (χ2n) is 4.19. The summed E-state index contributed by atoms with van der Waals surface area (Å²) < 4.78 is 42.3. The van der Waals surface area contributed by atoms with Gasteiger partial charge in [-0.2, -0.15) is 0 Å². The van der Waals surface area contributed by atoms with E-state index in [1.54, 1.807) is 0 Å². The van der Waals surface area contributed by atoms with Crippen LogP contribution in [0.15, 0.2) is 23.1 Å². The van der Waals surface area contributed by atoms with Crippen molar-refractivity contribution in [2.45, 2.75) is 11.3 Å². The van der Waals surface area contributed by atoms with E-state index in [1.165, 1.54) is 6.07 Å². The first kappa shape index (κ1) is 12.3. The Morgan fingerprint density at radius 3 is 2.88 bits per heavy atom. The van der Waals surface area contributed by atoms with Crippen LogP contribution in [0.1, 0.15) is 6.42 Å². The molecule has 2 rings (SSSR count). The Morgan fingerprint density at radius 1 is 1.47 bits per heavy atom. The van der Waals surface area contributed by atoms with Gasteiger partial charge in [0.25, 0.3) is 0 Å². The minimum atomic E-state index is -3.54. The average Bonchev–Trinajstić information content (AvgIpc) is 2.73. The zero-order chi connectivity index (χ0) is 12.5. The summed E-state index contributed by atoms with van der Waals surface area (Å²) in [5, 5.41) is 0. The lowest BCUT2D eigenvalue weighted by molar-refractivity contribution is 0.188. The van der Waals surface area contributed by atoms with Gasteiger partial charge in [0.1, 0.15) is 5.82 Å². The molecule has 1 aliphatic rings. The van der Waals surface area contributed by atoms with Gasteiger partial charge in [-0.25, -0.2) is 12.8 Å². The van der Waals surface area contributed by atoms with Gasteiger partial charge >= 0.3 is 0 Å². The van der Waals surface area contributed by atoms with Gasteiger partial charge in [0.2, 0.25) is 0 Å². The van der Waals surface area contributed by atoms with Crippen molar-refractivity contribution in [2.75, 3.05) is 24.7 Å². The molecule has 0 aromatic heterocycles. The van der Waals surface area contributed by atoms with Crippen LogP contribution in [-0.2, 0) is 14.6 Å². The predicted molar refractivity (Wildman–Crippen MR) is 61.8 cm³/mol. The van der Waals surface area contributed by atoms with Crippen molar-refractivity contribution in [1.29, 1.82) is 0 Å². The third kappa shape index (κ3) is 2.76. The standard InChI is InChI=1S/C11H14FNO3S/c12-9-1-2-10(13)11(5-9)17(14,15)7-8-3-4-16-6-8/h1-2,5,8H,3-4,6-7,13H2. The zero-order valence-corrected chi connectivity index (χ0v) is 10.0. The Labute approximate surface area is 99.5 Å². The van der Waals surface area contributed by atoms with Crippen LogP contribution in [0.2, 0.25) is 0 Å². The van der Waals surface area contributed by atoms with E-state index in [-0.39, 0.29) is 22.3 Å². The molecule has 4 nitrogen and oxygen atoms in total. The highest BCUT2D eigenvalue weighted by Gasteiger charge is 2.26. The van der Waals surface area contributed by atoms with E-state index in [2.05, 4.69) is 0 Å². The third-order valence-corrected chi connectivity index (χ3v) is 4.72. The molecule has 0 radical (unpaired) electrons. The first-order chi connectivity index (χ1) is 7.99. The maximum absolute atomic E-state index is 13.0. The highest BCUT2D eigenvalue weighted by molar-refractivity contribution is 7.91. The molecule has 0 saturated carbocycles. The highest BCUT2D eigenvalue weighted by Crippen LogP contribution is 2.24. The number of hydrogen-bond donors (Lipinski definition) is 1. The second-order valence-corrected chi connectivity index (χ2v) is 6.20. The molecule has 6 heteroatoms. The SMILES string of the molecule is Nc1ccc(F)cc1S(=O)(=O)CC1CCOC1. The first-order valence-electron chi connectivity index (χ1n) is 5.34. The fraction of sp³-hybridized carbons (Fsp3) is 0.455. The van der Waals surface area contributed by atoms with Gasteiger partial charge in [0.15, 0.2) is 9.84 Å². The van der Waals surface area contributed by atoms with E-state index < -0.39 is 15.7 Å². The van der Waals surface area contributed by atoms with Crippen LogP contribution >= 0.6 is 0 Å². The van der Waals surface area contributed by atoms with Gasteiger partial charge < -0.3 is 10.5 Å². The maximum Gasteiger partial charge on any atom is 0.180 e. The van der Waals surface area contributed by atoms with Crippen LogP contribution in [0.25, 0.3) is 0 Å². The normalized spacial score (nSPS) is 20.6. The van der Waals surface area contributed by atoms with Crippen molar-refractivity contribution >= 4 is 15.5 Å². The monoisotopic (exact) mass is 259 g/mol. The maximum atomic E-state index is 13.0. The number of benzene rings is 1. The second kappa shape index (κ2) is 4.62. The molecule has 17 heavy (non-hydrogen) atoms. The molecule has 1 aromatic carbocycles. The van der Waals surface area contributed by atoms with E-state index in [0.717, 1.165) is 12.1 Å². The Hall–Kier alpha value is -1.14. The predicted octanol–water partition coefficient (Wildman–Crippen LogP) is 1.22. The van der Waals surface area contributed by atoms with E-state index in [0.29, 0.717) is 19.6 Å². The molecule has 0 aliphatic carbocycles. The lowest BCUT2D eigenvalue weighted by Crippen LogP contribution is -2.17. The summed E-state index contributed by atoms with van der Waals surface area (Å²) in [7, 11) is -3.54. The number of nitrogens with two attached hydrogens (primary N) is 1. The fourth-order valence-corrected chi connectivity index (χ4v) is 3.67. The molecule has 0 amide bonds. The summed E-state index contributed by atoms with van der Waals surface area (Å²) in [6.45, 7) is 1.02. The minimum Gasteiger partial charge on any atom is -0.398 e. The number of nitrogen functional groups attached to an aromatic ring is 1. The van der Waals surface area contributed by atoms with Crippen molar-refractivity contribution < 1.29 is 17.5 Å². The molecule has 0 spiro atoms. The molecule has 1 saturated heterocycles. The van der Waals surface area contributed by atoms with Gasteiger partial charge in [0, 0.05) is 6.61 Å². The summed E-state index contributed by atoms with van der Waals surface area (Å²) in [5.41, 5.74) is 5.66. The lowest BCUT2D eigenvalue weighted by Gasteiger charge is -2.10. The Morgan fingerprint density at radius 2 is 2.24 bits per heavy atom. The molecule has 1 aromatic rings. The van der Waals surface area contributed by atoms with Gasteiger partial charge in [-0.1, -0.05) is 0 Å². The molecular formula is C11H14FNO3S. The Balaban J connectivity index is 2.27. The van der Waals surface area contributed by atoms with E-state index >= 15 is 0 Å². The van der Waals surface area contributed by atoms with Crippen LogP contribution in [0.3, 0.4) is 0 Å². The molecule has 2 N–H and O–H groups in total. The van der Waals surface area contributed by atoms with Crippen molar-refractivity contribution in [3.05, 3.63) is 24.0 Å². The van der Waals surface area contributed by atoms with Crippen LogP contribution < -0.4 is 5.73 Å². The van der Waals surface area contributed by atoms with Crippen molar-refractivity contribution in [3.8, 4) is 0 Å². The van der Waals surface area contributed by atoms with Gasteiger partial charge in [-0.3, -0.25) is 0 Å². The number of sulfone groups is 1. The number of hydrogen-bond acceptors (Lipinski definition) is 4. The summed E-state index contributed by atoms with van der Waals surface area (Å²) >= 11 is 0. The van der Waals surface area contributed by atoms with Gasteiger partial charge in [-0.05, 0) is 30.5 Å². The average molecular weight is 259 g/mol. The molecule has 94 valence electrons. The third-order valence-electron chi connectivity index (χ3n) is 2.79. The van der Waals surface area contributed by atoms with Crippen LogP contribution in [0.5, 0.6) is 0 Å². The smallest absolute Gasteiger partial charge is 0.180 e. The van der Waals surface area contributed by atoms with E-state index in [4.69, 9.17) is 10.5 Å². The van der Waals surface area contributed by atoms with Crippen molar-refractivity contribution in [1.82, 2.24) is 0 Å². The van der Waals surface area contributed by atoms with Crippen molar-refractivity contribution in [3.63, 3.8) is 0 Å². The topological polar surface area (TPSA) is 69.4 Å². The molecule has 1 aliphatic heterocycles.